The highest BCUT2D eigenvalue weighted by Gasteiger charge is 2.24. The molecule has 9 heteroatoms. The second kappa shape index (κ2) is 4.93. The minimum absolute atomic E-state index is 0.0831. The lowest BCUT2D eigenvalue weighted by atomic mass is 10.3. The molecule has 0 radical (unpaired) electrons. The quantitative estimate of drug-likeness (QED) is 0.765. The number of nitrogens with zero attached hydrogens (tertiary/aromatic N) is 1. The van der Waals surface area contributed by atoms with Crippen LogP contribution in [0.1, 0.15) is 11.3 Å². The third-order valence-corrected chi connectivity index (χ3v) is 4.47. The molecule has 2 aromatic rings. The van der Waals surface area contributed by atoms with Crippen LogP contribution in [0.4, 0.5) is 5.69 Å². The van der Waals surface area contributed by atoms with Gasteiger partial charge in [-0.2, -0.15) is 13.5 Å². The number of hydrogen-bond acceptors (Lipinski definition) is 6. The first-order valence-electron chi connectivity index (χ1n) is 6.17. The fraction of sp³-hybridized carbons (Fsp3) is 0.250. The summed E-state index contributed by atoms with van der Waals surface area (Å²) in [7, 11) is -3.82. The molecule has 1 aromatic heterocycles. The fourth-order valence-electron chi connectivity index (χ4n) is 2.06. The van der Waals surface area contributed by atoms with Crippen molar-refractivity contribution < 1.29 is 17.9 Å². The van der Waals surface area contributed by atoms with Crippen LogP contribution in [0.5, 0.6) is 11.5 Å². The summed E-state index contributed by atoms with van der Waals surface area (Å²) >= 11 is 0. The summed E-state index contributed by atoms with van der Waals surface area (Å²) in [5.41, 5.74) is 7.02. The van der Waals surface area contributed by atoms with Gasteiger partial charge in [-0.25, -0.2) is 0 Å². The number of aromatic nitrogens is 2. The number of anilines is 1. The van der Waals surface area contributed by atoms with Crippen LogP contribution in [-0.4, -0.2) is 25.4 Å². The molecule has 112 valence electrons. The van der Waals surface area contributed by atoms with Gasteiger partial charge >= 0.3 is 0 Å². The highest BCUT2D eigenvalue weighted by molar-refractivity contribution is 7.92. The zero-order valence-electron chi connectivity index (χ0n) is 11.2. The number of hydrogen-bond donors (Lipinski definition) is 3. The molecule has 3 rings (SSSR count). The van der Waals surface area contributed by atoms with Crippen molar-refractivity contribution in [3.63, 3.8) is 0 Å². The molecule has 8 nitrogen and oxygen atoms in total. The van der Waals surface area contributed by atoms with Crippen molar-refractivity contribution in [1.82, 2.24) is 10.2 Å². The fourth-order valence-corrected chi connectivity index (χ4v) is 3.32. The van der Waals surface area contributed by atoms with Gasteiger partial charge < -0.3 is 15.2 Å². The topological polar surface area (TPSA) is 119 Å². The third kappa shape index (κ3) is 2.41. The van der Waals surface area contributed by atoms with E-state index in [9.17, 15) is 8.42 Å². The highest BCUT2D eigenvalue weighted by Crippen LogP contribution is 2.34. The third-order valence-electron chi connectivity index (χ3n) is 3.12. The van der Waals surface area contributed by atoms with Crippen molar-refractivity contribution in [3.8, 4) is 11.5 Å². The number of nitrogens with two attached hydrogens (primary N) is 1. The van der Waals surface area contributed by atoms with Crippen LogP contribution in [0, 0.1) is 6.92 Å². The normalized spacial score (nSPS) is 13.4. The van der Waals surface area contributed by atoms with Gasteiger partial charge in [-0.3, -0.25) is 9.82 Å². The van der Waals surface area contributed by atoms with Gasteiger partial charge in [0, 0.05) is 23.9 Å². The first-order valence-corrected chi connectivity index (χ1v) is 7.66. The molecule has 21 heavy (non-hydrogen) atoms. The minimum Gasteiger partial charge on any atom is -0.454 e. The van der Waals surface area contributed by atoms with E-state index in [1.54, 1.807) is 25.1 Å². The van der Waals surface area contributed by atoms with E-state index < -0.39 is 10.0 Å². The number of fused-ring (bicyclic) bond motifs is 1. The van der Waals surface area contributed by atoms with Gasteiger partial charge in [-0.1, -0.05) is 0 Å². The summed E-state index contributed by atoms with van der Waals surface area (Å²) in [6, 6.07) is 4.79. The number of ether oxygens (including phenoxy) is 2. The van der Waals surface area contributed by atoms with E-state index in [1.165, 1.54) is 0 Å². The first kappa shape index (κ1) is 13.7. The maximum atomic E-state index is 12.4. The van der Waals surface area contributed by atoms with E-state index in [4.69, 9.17) is 15.2 Å². The standard InChI is InChI=1S/C12H14N4O4S/c1-7-9(5-13)12(15-14-7)21(17,18)16-8-2-3-10-11(4-8)20-6-19-10/h2-4,16H,5-6,13H2,1H3,(H,14,15). The van der Waals surface area contributed by atoms with E-state index in [0.717, 1.165) is 0 Å². The zero-order valence-corrected chi connectivity index (χ0v) is 12.0. The van der Waals surface area contributed by atoms with Crippen LogP contribution >= 0.6 is 0 Å². The Morgan fingerprint density at radius 3 is 2.90 bits per heavy atom. The molecule has 0 atom stereocenters. The van der Waals surface area contributed by atoms with Crippen LogP contribution in [0.25, 0.3) is 0 Å². The molecule has 2 heterocycles. The minimum atomic E-state index is -3.82. The number of sulfonamides is 1. The average molecular weight is 310 g/mol. The van der Waals surface area contributed by atoms with Crippen molar-refractivity contribution >= 4 is 15.7 Å². The smallest absolute Gasteiger partial charge is 0.281 e. The zero-order chi connectivity index (χ0) is 15.0. The van der Waals surface area contributed by atoms with E-state index in [2.05, 4.69) is 14.9 Å². The molecule has 1 aliphatic heterocycles. The predicted octanol–water partition coefficient (Wildman–Crippen LogP) is 0.706. The van der Waals surface area contributed by atoms with Crippen molar-refractivity contribution in [2.24, 2.45) is 5.73 Å². The monoisotopic (exact) mass is 310 g/mol. The van der Waals surface area contributed by atoms with E-state index in [0.29, 0.717) is 28.4 Å². The number of aryl methyl sites for hydroxylation is 1. The Kier molecular flexibility index (Phi) is 3.22. The molecular weight excluding hydrogens is 296 g/mol. The lowest BCUT2D eigenvalue weighted by molar-refractivity contribution is 0.174. The summed E-state index contributed by atoms with van der Waals surface area (Å²) in [6.07, 6.45) is 0. The highest BCUT2D eigenvalue weighted by atomic mass is 32.2. The van der Waals surface area contributed by atoms with Crippen molar-refractivity contribution in [1.29, 1.82) is 0 Å². The summed E-state index contributed by atoms with van der Waals surface area (Å²) in [5.74, 6) is 1.07. The summed E-state index contributed by atoms with van der Waals surface area (Å²) in [4.78, 5) is 0. The van der Waals surface area contributed by atoms with Crippen molar-refractivity contribution in [2.75, 3.05) is 11.5 Å². The molecule has 0 bridgehead atoms. The van der Waals surface area contributed by atoms with E-state index in [1.807, 2.05) is 0 Å². The van der Waals surface area contributed by atoms with Gasteiger partial charge in [0.15, 0.2) is 11.5 Å². The molecular formula is C12H14N4O4S. The number of rotatable bonds is 4. The van der Waals surface area contributed by atoms with E-state index >= 15 is 0 Å². The Labute approximate surface area is 121 Å². The van der Waals surface area contributed by atoms with Crippen LogP contribution in [0.2, 0.25) is 0 Å². The SMILES string of the molecule is Cc1[nH]nc(S(=O)(=O)Nc2ccc3c(c2)OCO3)c1CN. The second-order valence-electron chi connectivity index (χ2n) is 4.51. The molecule has 0 unspecified atom stereocenters. The van der Waals surface area contributed by atoms with Crippen molar-refractivity contribution in [2.45, 2.75) is 18.5 Å². The summed E-state index contributed by atoms with van der Waals surface area (Å²) < 4.78 is 37.6. The van der Waals surface area contributed by atoms with Crippen LogP contribution < -0.4 is 19.9 Å². The number of benzene rings is 1. The lowest BCUT2D eigenvalue weighted by Gasteiger charge is -2.08. The van der Waals surface area contributed by atoms with Gasteiger partial charge in [-0.05, 0) is 19.1 Å². The Bertz CT molecular complexity index is 785. The Balaban J connectivity index is 1.93. The Morgan fingerprint density at radius 1 is 1.38 bits per heavy atom. The largest absolute Gasteiger partial charge is 0.454 e. The van der Waals surface area contributed by atoms with Crippen molar-refractivity contribution in [3.05, 3.63) is 29.5 Å². The summed E-state index contributed by atoms with van der Waals surface area (Å²) in [6.45, 7) is 1.93. The molecule has 1 aliphatic rings. The van der Waals surface area contributed by atoms with Gasteiger partial charge in [0.2, 0.25) is 11.8 Å². The van der Waals surface area contributed by atoms with Gasteiger partial charge in [0.1, 0.15) is 0 Å². The maximum absolute atomic E-state index is 12.4. The summed E-state index contributed by atoms with van der Waals surface area (Å²) in [5, 5.41) is 6.35. The molecule has 0 aliphatic carbocycles. The number of aromatic amines is 1. The van der Waals surface area contributed by atoms with E-state index in [-0.39, 0.29) is 18.4 Å². The van der Waals surface area contributed by atoms with Gasteiger partial charge in [-0.15, -0.1) is 0 Å². The second-order valence-corrected chi connectivity index (χ2v) is 6.11. The molecule has 0 fully saturated rings. The number of H-pyrrole nitrogens is 1. The van der Waals surface area contributed by atoms with Crippen LogP contribution in [-0.2, 0) is 16.6 Å². The Morgan fingerprint density at radius 2 is 2.14 bits per heavy atom. The average Bonchev–Trinajstić information content (AvgIpc) is 3.03. The molecule has 0 saturated carbocycles. The van der Waals surface area contributed by atoms with Crippen LogP contribution in [0.3, 0.4) is 0 Å². The Hall–Kier alpha value is -2.26. The maximum Gasteiger partial charge on any atom is 0.281 e. The number of nitrogens with one attached hydrogen (secondary N) is 2. The molecule has 0 amide bonds. The first-order chi connectivity index (χ1) is 10.0. The molecule has 0 spiro atoms. The van der Waals surface area contributed by atoms with Crippen LogP contribution in [0.15, 0.2) is 23.2 Å². The van der Waals surface area contributed by atoms with Gasteiger partial charge in [0.25, 0.3) is 10.0 Å². The lowest BCUT2D eigenvalue weighted by Crippen LogP contribution is -2.16. The molecule has 4 N–H and O–H groups in total. The van der Waals surface area contributed by atoms with Gasteiger partial charge in [0.05, 0.1) is 5.69 Å². The predicted molar refractivity (Wildman–Crippen MR) is 74.6 cm³/mol. The molecule has 1 aromatic carbocycles. The molecule has 0 saturated heterocycles.